The first kappa shape index (κ1) is 14.4. The molecular weight excluding hydrogens is 276 g/mol. The molecule has 3 atom stereocenters. The Morgan fingerprint density at radius 1 is 1.38 bits per heavy atom. The van der Waals surface area contributed by atoms with Gasteiger partial charge in [0.25, 0.3) is 0 Å². The Kier molecular flexibility index (Phi) is 4.19. The number of carbonyl (C=O) groups excluding carboxylic acids is 1. The van der Waals surface area contributed by atoms with Crippen molar-refractivity contribution in [3.8, 4) is 0 Å². The summed E-state index contributed by atoms with van der Waals surface area (Å²) in [6.07, 6.45) is 3.87. The average Bonchev–Trinajstić information content (AvgIpc) is 3.06. The number of amides is 1. The van der Waals surface area contributed by atoms with Gasteiger partial charge in [-0.25, -0.2) is 8.78 Å². The van der Waals surface area contributed by atoms with E-state index in [-0.39, 0.29) is 23.8 Å². The summed E-state index contributed by atoms with van der Waals surface area (Å²) in [6.45, 7) is 1.41. The van der Waals surface area contributed by atoms with E-state index >= 15 is 0 Å². The molecule has 5 heteroatoms. The average molecular weight is 295 g/mol. The van der Waals surface area contributed by atoms with E-state index in [0.29, 0.717) is 18.5 Å². The second-order valence-corrected chi connectivity index (χ2v) is 5.83. The molecule has 1 aliphatic heterocycles. The lowest BCUT2D eigenvalue weighted by Gasteiger charge is -2.10. The Hall–Kier alpha value is -1.49. The highest BCUT2D eigenvalue weighted by Crippen LogP contribution is 2.48. The Morgan fingerprint density at radius 3 is 2.95 bits per heavy atom. The zero-order chi connectivity index (χ0) is 14.8. The molecule has 0 unspecified atom stereocenters. The van der Waals surface area contributed by atoms with Crippen molar-refractivity contribution in [2.75, 3.05) is 13.2 Å². The summed E-state index contributed by atoms with van der Waals surface area (Å²) >= 11 is 0. The maximum atomic E-state index is 13.6. The number of hydrogen-bond donors (Lipinski definition) is 1. The van der Waals surface area contributed by atoms with E-state index in [1.54, 1.807) is 0 Å². The van der Waals surface area contributed by atoms with Gasteiger partial charge in [-0.05, 0) is 43.2 Å². The Morgan fingerprint density at radius 2 is 2.24 bits per heavy atom. The highest BCUT2D eigenvalue weighted by molar-refractivity contribution is 5.82. The molecule has 114 valence electrons. The van der Waals surface area contributed by atoms with Crippen LogP contribution in [0.2, 0.25) is 0 Å². The SMILES string of the molecule is O=C(NCC[C@@H]1CCCO1)[C@H]1C[C@@H]1c1ccc(F)cc1F. The van der Waals surface area contributed by atoms with Gasteiger partial charge in [-0.2, -0.15) is 0 Å². The lowest BCUT2D eigenvalue weighted by molar-refractivity contribution is -0.122. The molecule has 1 heterocycles. The first-order valence-corrected chi connectivity index (χ1v) is 7.49. The van der Waals surface area contributed by atoms with Crippen LogP contribution in [0.3, 0.4) is 0 Å². The fraction of sp³-hybridized carbons (Fsp3) is 0.562. The first-order valence-electron chi connectivity index (χ1n) is 7.49. The van der Waals surface area contributed by atoms with Crippen LogP contribution in [0.1, 0.15) is 37.2 Å². The third-order valence-corrected chi connectivity index (χ3v) is 4.28. The van der Waals surface area contributed by atoms with Crippen LogP contribution < -0.4 is 5.32 Å². The molecule has 0 aromatic heterocycles. The first-order chi connectivity index (χ1) is 10.1. The van der Waals surface area contributed by atoms with Gasteiger partial charge in [0, 0.05) is 25.1 Å². The van der Waals surface area contributed by atoms with E-state index in [1.807, 2.05) is 0 Å². The lowest BCUT2D eigenvalue weighted by atomic mass is 10.1. The van der Waals surface area contributed by atoms with E-state index in [0.717, 1.165) is 31.9 Å². The Bertz CT molecular complexity index is 529. The number of hydrogen-bond acceptors (Lipinski definition) is 2. The maximum absolute atomic E-state index is 13.6. The van der Waals surface area contributed by atoms with Crippen molar-refractivity contribution < 1.29 is 18.3 Å². The third-order valence-electron chi connectivity index (χ3n) is 4.28. The summed E-state index contributed by atoms with van der Waals surface area (Å²) in [7, 11) is 0. The zero-order valence-electron chi connectivity index (χ0n) is 11.8. The number of nitrogens with one attached hydrogen (secondary N) is 1. The van der Waals surface area contributed by atoms with E-state index in [1.165, 1.54) is 12.1 Å². The Labute approximate surface area is 122 Å². The Balaban J connectivity index is 1.46. The van der Waals surface area contributed by atoms with Gasteiger partial charge >= 0.3 is 0 Å². The van der Waals surface area contributed by atoms with Gasteiger partial charge in [-0.3, -0.25) is 4.79 Å². The number of benzene rings is 1. The van der Waals surface area contributed by atoms with Crippen LogP contribution >= 0.6 is 0 Å². The molecule has 2 fully saturated rings. The van der Waals surface area contributed by atoms with E-state index in [4.69, 9.17) is 4.74 Å². The molecule has 21 heavy (non-hydrogen) atoms. The van der Waals surface area contributed by atoms with Crippen molar-refractivity contribution in [1.29, 1.82) is 0 Å². The van der Waals surface area contributed by atoms with Crippen LogP contribution in [0.15, 0.2) is 18.2 Å². The monoisotopic (exact) mass is 295 g/mol. The van der Waals surface area contributed by atoms with E-state index < -0.39 is 11.6 Å². The molecule has 1 aromatic rings. The van der Waals surface area contributed by atoms with Crippen molar-refractivity contribution in [3.63, 3.8) is 0 Å². The minimum absolute atomic E-state index is 0.0401. The van der Waals surface area contributed by atoms with E-state index in [2.05, 4.69) is 5.32 Å². The van der Waals surface area contributed by atoms with Crippen LogP contribution in [-0.2, 0) is 9.53 Å². The van der Waals surface area contributed by atoms with Gasteiger partial charge < -0.3 is 10.1 Å². The van der Waals surface area contributed by atoms with Crippen molar-refractivity contribution in [2.24, 2.45) is 5.92 Å². The van der Waals surface area contributed by atoms with Gasteiger partial charge in [0.1, 0.15) is 11.6 Å². The number of halogens is 2. The standard InChI is InChI=1S/C16H19F2NO2/c17-10-3-4-12(15(18)8-10)13-9-14(13)16(20)19-6-5-11-2-1-7-21-11/h3-4,8,11,13-14H,1-2,5-7,9H2,(H,19,20)/t11-,13+,14-/m0/s1. The molecule has 1 aromatic carbocycles. The van der Waals surface area contributed by atoms with Gasteiger partial charge in [0.15, 0.2) is 0 Å². The molecule has 1 N–H and O–H groups in total. The molecule has 2 aliphatic rings. The molecule has 1 amide bonds. The van der Waals surface area contributed by atoms with Crippen molar-refractivity contribution >= 4 is 5.91 Å². The smallest absolute Gasteiger partial charge is 0.223 e. The normalized spacial score (nSPS) is 27.6. The fourth-order valence-electron chi connectivity index (χ4n) is 2.99. The molecule has 1 aliphatic carbocycles. The van der Waals surface area contributed by atoms with Crippen LogP contribution in [0.5, 0.6) is 0 Å². The molecule has 3 nitrogen and oxygen atoms in total. The summed E-state index contributed by atoms with van der Waals surface area (Å²) in [5, 5.41) is 2.89. The van der Waals surface area contributed by atoms with Gasteiger partial charge in [0.2, 0.25) is 5.91 Å². The van der Waals surface area contributed by atoms with Crippen LogP contribution in [0.25, 0.3) is 0 Å². The van der Waals surface area contributed by atoms with Crippen molar-refractivity contribution in [2.45, 2.75) is 37.7 Å². The number of ether oxygens (including phenoxy) is 1. The number of carbonyl (C=O) groups is 1. The fourth-order valence-corrected chi connectivity index (χ4v) is 2.99. The van der Waals surface area contributed by atoms with Crippen LogP contribution in [0, 0.1) is 17.6 Å². The molecule has 3 rings (SSSR count). The predicted molar refractivity (Wildman–Crippen MR) is 73.8 cm³/mol. The van der Waals surface area contributed by atoms with Gasteiger partial charge in [0.05, 0.1) is 6.10 Å². The third kappa shape index (κ3) is 3.40. The van der Waals surface area contributed by atoms with Crippen LogP contribution in [-0.4, -0.2) is 25.2 Å². The molecule has 0 radical (unpaired) electrons. The predicted octanol–water partition coefficient (Wildman–Crippen LogP) is 2.75. The highest BCUT2D eigenvalue weighted by Gasteiger charge is 2.45. The largest absolute Gasteiger partial charge is 0.378 e. The number of rotatable bonds is 5. The van der Waals surface area contributed by atoms with Gasteiger partial charge in [-0.1, -0.05) is 6.07 Å². The summed E-state index contributed by atoms with van der Waals surface area (Å²) < 4.78 is 32.0. The summed E-state index contributed by atoms with van der Waals surface area (Å²) in [6, 6.07) is 3.55. The molecular formula is C16H19F2NO2. The minimum Gasteiger partial charge on any atom is -0.378 e. The maximum Gasteiger partial charge on any atom is 0.223 e. The lowest BCUT2D eigenvalue weighted by Crippen LogP contribution is -2.28. The molecule has 1 saturated carbocycles. The topological polar surface area (TPSA) is 38.3 Å². The summed E-state index contributed by atoms with van der Waals surface area (Å²) in [5.41, 5.74) is 0.440. The van der Waals surface area contributed by atoms with Crippen molar-refractivity contribution in [1.82, 2.24) is 5.32 Å². The highest BCUT2D eigenvalue weighted by atomic mass is 19.1. The van der Waals surface area contributed by atoms with Gasteiger partial charge in [-0.15, -0.1) is 0 Å². The second kappa shape index (κ2) is 6.10. The zero-order valence-corrected chi connectivity index (χ0v) is 11.8. The summed E-state index contributed by atoms with van der Waals surface area (Å²) in [4.78, 5) is 12.0. The molecule has 0 bridgehead atoms. The second-order valence-electron chi connectivity index (χ2n) is 5.83. The minimum atomic E-state index is -0.588. The van der Waals surface area contributed by atoms with Crippen molar-refractivity contribution in [3.05, 3.63) is 35.4 Å². The summed E-state index contributed by atoms with van der Waals surface area (Å²) in [5.74, 6) is -1.49. The molecule has 0 spiro atoms. The molecule has 1 saturated heterocycles. The van der Waals surface area contributed by atoms with Crippen LogP contribution in [0.4, 0.5) is 8.78 Å². The van der Waals surface area contributed by atoms with E-state index in [9.17, 15) is 13.6 Å². The quantitative estimate of drug-likeness (QED) is 0.907.